The van der Waals surface area contributed by atoms with Gasteiger partial charge in [-0.3, -0.25) is 19.7 Å². The van der Waals surface area contributed by atoms with Crippen molar-refractivity contribution in [1.29, 1.82) is 0 Å². The van der Waals surface area contributed by atoms with Gasteiger partial charge >= 0.3 is 5.97 Å². The number of rotatable bonds is 10. The average molecular weight is 482 g/mol. The van der Waals surface area contributed by atoms with E-state index in [1.165, 1.54) is 29.1 Å². The second kappa shape index (κ2) is 11.2. The third-order valence-electron chi connectivity index (χ3n) is 4.94. The summed E-state index contributed by atoms with van der Waals surface area (Å²) in [6.45, 7) is 7.34. The highest BCUT2D eigenvalue weighted by Crippen LogP contribution is 2.28. The number of nitrogens with zero attached hydrogens (tertiary/aromatic N) is 5. The standard InChI is InChI=1S/C23H26N6O6/c1-5-34-21-11-10-20(26-27-21)28-15(4)17(13-24-28)23(31)25-18(12-22(30)35-14(2)3)16-8-6-7-9-19(16)29(32)33/h6-11,13-14,18H,5,12H2,1-4H3,(H,25,31). The number of ether oxygens (including phenoxy) is 2. The first-order chi connectivity index (χ1) is 16.7. The van der Waals surface area contributed by atoms with E-state index in [1.54, 1.807) is 39.0 Å². The molecule has 2 heterocycles. The molecular formula is C23H26N6O6. The molecule has 1 amide bonds. The van der Waals surface area contributed by atoms with Gasteiger partial charge in [0.1, 0.15) is 0 Å². The first-order valence-corrected chi connectivity index (χ1v) is 11.0. The van der Waals surface area contributed by atoms with Gasteiger partial charge in [0.15, 0.2) is 5.82 Å². The Kier molecular flexibility index (Phi) is 8.08. The zero-order valence-corrected chi connectivity index (χ0v) is 19.8. The summed E-state index contributed by atoms with van der Waals surface area (Å²) in [5.74, 6) is -0.422. The first-order valence-electron chi connectivity index (χ1n) is 11.0. The van der Waals surface area contributed by atoms with E-state index in [1.807, 2.05) is 6.92 Å². The lowest BCUT2D eigenvalue weighted by molar-refractivity contribution is -0.385. The van der Waals surface area contributed by atoms with Gasteiger partial charge < -0.3 is 14.8 Å². The predicted molar refractivity (Wildman–Crippen MR) is 124 cm³/mol. The van der Waals surface area contributed by atoms with Crippen LogP contribution in [0.5, 0.6) is 5.88 Å². The predicted octanol–water partition coefficient (Wildman–Crippen LogP) is 3.09. The Morgan fingerprint density at radius 3 is 2.54 bits per heavy atom. The van der Waals surface area contributed by atoms with Crippen LogP contribution in [0.4, 0.5) is 5.69 Å². The summed E-state index contributed by atoms with van der Waals surface area (Å²) in [7, 11) is 0. The van der Waals surface area contributed by atoms with Gasteiger partial charge in [0.05, 0.1) is 53.1 Å². The van der Waals surface area contributed by atoms with Crippen LogP contribution in [0.2, 0.25) is 0 Å². The minimum absolute atomic E-state index is 0.189. The normalized spacial score (nSPS) is 11.7. The van der Waals surface area contributed by atoms with E-state index < -0.39 is 22.8 Å². The summed E-state index contributed by atoms with van der Waals surface area (Å²) in [6.07, 6.45) is 0.693. The third-order valence-corrected chi connectivity index (χ3v) is 4.94. The van der Waals surface area contributed by atoms with Crippen LogP contribution in [0.1, 0.15) is 54.8 Å². The summed E-state index contributed by atoms with van der Waals surface area (Å²) < 4.78 is 11.9. The fourth-order valence-electron chi connectivity index (χ4n) is 3.42. The number of hydrogen-bond donors (Lipinski definition) is 1. The quantitative estimate of drug-likeness (QED) is 0.261. The average Bonchev–Trinajstić information content (AvgIpc) is 3.20. The van der Waals surface area contributed by atoms with Crippen LogP contribution in [-0.2, 0) is 9.53 Å². The molecule has 184 valence electrons. The van der Waals surface area contributed by atoms with E-state index in [0.29, 0.717) is 24.0 Å². The van der Waals surface area contributed by atoms with Gasteiger partial charge in [-0.1, -0.05) is 18.2 Å². The Morgan fingerprint density at radius 1 is 1.17 bits per heavy atom. The van der Waals surface area contributed by atoms with Gasteiger partial charge in [-0.25, -0.2) is 4.68 Å². The van der Waals surface area contributed by atoms with Gasteiger partial charge in [0, 0.05) is 12.1 Å². The van der Waals surface area contributed by atoms with Crippen molar-refractivity contribution < 1.29 is 24.0 Å². The lowest BCUT2D eigenvalue weighted by Crippen LogP contribution is -2.31. The van der Waals surface area contributed by atoms with Gasteiger partial charge in [0.2, 0.25) is 5.88 Å². The molecule has 1 aromatic carbocycles. The Labute approximate surface area is 201 Å². The number of nitro groups is 1. The summed E-state index contributed by atoms with van der Waals surface area (Å²) in [6, 6.07) is 8.22. The molecule has 0 spiro atoms. The Bertz CT molecular complexity index is 1210. The Balaban J connectivity index is 1.89. The van der Waals surface area contributed by atoms with Gasteiger partial charge in [-0.05, 0) is 33.8 Å². The third kappa shape index (κ3) is 6.16. The molecule has 0 saturated carbocycles. The molecule has 0 aliphatic carbocycles. The first kappa shape index (κ1) is 25.3. The fraction of sp³-hybridized carbons (Fsp3) is 0.348. The van der Waals surface area contributed by atoms with E-state index in [9.17, 15) is 19.7 Å². The number of carbonyl (C=O) groups is 2. The van der Waals surface area contributed by atoms with Crippen molar-refractivity contribution in [1.82, 2.24) is 25.3 Å². The number of para-hydroxylation sites is 1. The number of carbonyl (C=O) groups excluding carboxylic acids is 2. The molecule has 0 saturated heterocycles. The zero-order chi connectivity index (χ0) is 25.5. The molecule has 1 atom stereocenters. The highest BCUT2D eigenvalue weighted by atomic mass is 16.6. The van der Waals surface area contributed by atoms with Crippen LogP contribution < -0.4 is 10.1 Å². The summed E-state index contributed by atoms with van der Waals surface area (Å²) in [5.41, 5.74) is 0.648. The van der Waals surface area contributed by atoms with Crippen molar-refractivity contribution in [2.75, 3.05) is 6.61 Å². The number of nitrogens with one attached hydrogen (secondary N) is 1. The number of aromatic nitrogens is 4. The van der Waals surface area contributed by atoms with Crippen LogP contribution in [0, 0.1) is 17.0 Å². The van der Waals surface area contributed by atoms with Gasteiger partial charge in [0.25, 0.3) is 11.6 Å². The molecule has 0 bridgehead atoms. The molecule has 1 unspecified atom stereocenters. The number of hydrogen-bond acceptors (Lipinski definition) is 9. The van der Waals surface area contributed by atoms with Crippen LogP contribution in [0.25, 0.3) is 5.82 Å². The van der Waals surface area contributed by atoms with Crippen molar-refractivity contribution in [3.05, 3.63) is 69.5 Å². The minimum Gasteiger partial charge on any atom is -0.477 e. The van der Waals surface area contributed by atoms with Crippen molar-refractivity contribution in [3.8, 4) is 11.7 Å². The number of esters is 1. The van der Waals surface area contributed by atoms with E-state index in [-0.39, 0.29) is 29.3 Å². The fourth-order valence-corrected chi connectivity index (χ4v) is 3.42. The summed E-state index contributed by atoms with van der Waals surface area (Å²) in [4.78, 5) is 36.6. The van der Waals surface area contributed by atoms with Gasteiger partial charge in [-0.15, -0.1) is 10.2 Å². The molecule has 0 fully saturated rings. The molecule has 2 aromatic heterocycles. The number of amides is 1. The van der Waals surface area contributed by atoms with Crippen molar-refractivity contribution in [3.63, 3.8) is 0 Å². The van der Waals surface area contributed by atoms with E-state index >= 15 is 0 Å². The van der Waals surface area contributed by atoms with Crippen LogP contribution in [0.3, 0.4) is 0 Å². The van der Waals surface area contributed by atoms with Gasteiger partial charge in [-0.2, -0.15) is 5.10 Å². The maximum atomic E-state index is 13.2. The molecule has 12 heteroatoms. The molecule has 35 heavy (non-hydrogen) atoms. The highest BCUT2D eigenvalue weighted by molar-refractivity contribution is 5.95. The maximum absolute atomic E-state index is 13.2. The zero-order valence-electron chi connectivity index (χ0n) is 19.8. The molecule has 3 rings (SSSR count). The molecule has 0 aliphatic heterocycles. The second-order valence-electron chi connectivity index (χ2n) is 7.80. The molecule has 12 nitrogen and oxygen atoms in total. The summed E-state index contributed by atoms with van der Waals surface area (Å²) >= 11 is 0. The van der Waals surface area contributed by atoms with Crippen LogP contribution in [-0.4, -0.2) is 49.5 Å². The maximum Gasteiger partial charge on any atom is 0.308 e. The molecule has 1 N–H and O–H groups in total. The Hall–Kier alpha value is -4.35. The number of nitro benzene ring substituents is 1. The van der Waals surface area contributed by atoms with Crippen LogP contribution in [0.15, 0.2) is 42.6 Å². The van der Waals surface area contributed by atoms with Crippen molar-refractivity contribution in [2.45, 2.75) is 46.3 Å². The number of benzene rings is 1. The van der Waals surface area contributed by atoms with E-state index in [4.69, 9.17) is 9.47 Å². The molecule has 3 aromatic rings. The van der Waals surface area contributed by atoms with Crippen molar-refractivity contribution >= 4 is 17.6 Å². The van der Waals surface area contributed by atoms with E-state index in [2.05, 4.69) is 20.6 Å². The lowest BCUT2D eigenvalue weighted by atomic mass is 10.0. The van der Waals surface area contributed by atoms with Crippen molar-refractivity contribution in [2.24, 2.45) is 0 Å². The smallest absolute Gasteiger partial charge is 0.308 e. The highest BCUT2D eigenvalue weighted by Gasteiger charge is 2.28. The summed E-state index contributed by atoms with van der Waals surface area (Å²) in [5, 5.41) is 26.5. The van der Waals surface area contributed by atoms with E-state index in [0.717, 1.165) is 0 Å². The second-order valence-corrected chi connectivity index (χ2v) is 7.80. The largest absolute Gasteiger partial charge is 0.477 e. The monoisotopic (exact) mass is 482 g/mol. The van der Waals surface area contributed by atoms with Crippen LogP contribution >= 0.6 is 0 Å². The Morgan fingerprint density at radius 2 is 1.91 bits per heavy atom. The molecule has 0 radical (unpaired) electrons. The SMILES string of the molecule is CCOc1ccc(-n2ncc(C(=O)NC(CC(=O)OC(C)C)c3ccccc3[N+](=O)[O-])c2C)nn1. The minimum atomic E-state index is -0.997. The lowest BCUT2D eigenvalue weighted by Gasteiger charge is -2.19. The molecular weight excluding hydrogens is 456 g/mol. The topological polar surface area (TPSA) is 151 Å². The molecule has 0 aliphatic rings.